The van der Waals surface area contributed by atoms with Gasteiger partial charge >= 0.3 is 0 Å². The van der Waals surface area contributed by atoms with E-state index in [1.807, 2.05) is 60.7 Å². The molecular weight excluding hydrogens is 400 g/mol. The minimum absolute atomic E-state index is 0.234. The molecule has 0 aromatic heterocycles. The van der Waals surface area contributed by atoms with Gasteiger partial charge in [-0.3, -0.25) is 9.59 Å². The highest BCUT2D eigenvalue weighted by Crippen LogP contribution is 2.23. The zero-order valence-electron chi connectivity index (χ0n) is 19.0. The van der Waals surface area contributed by atoms with E-state index >= 15 is 0 Å². The Morgan fingerprint density at radius 3 is 2.16 bits per heavy atom. The minimum Gasteiger partial charge on any atom is -0.481 e. The van der Waals surface area contributed by atoms with Crippen LogP contribution in [-0.4, -0.2) is 25.0 Å². The van der Waals surface area contributed by atoms with Gasteiger partial charge in [-0.2, -0.15) is 0 Å². The Morgan fingerprint density at radius 2 is 1.50 bits per heavy atom. The van der Waals surface area contributed by atoms with Crippen LogP contribution in [0.15, 0.2) is 78.9 Å². The lowest BCUT2D eigenvalue weighted by Gasteiger charge is -2.24. The molecule has 5 heteroatoms. The van der Waals surface area contributed by atoms with Crippen LogP contribution in [0.2, 0.25) is 0 Å². The summed E-state index contributed by atoms with van der Waals surface area (Å²) < 4.78 is 5.87. The highest BCUT2D eigenvalue weighted by molar-refractivity contribution is 6.05. The molecular formula is C27H30N2O3. The van der Waals surface area contributed by atoms with E-state index in [9.17, 15) is 9.59 Å². The van der Waals surface area contributed by atoms with Crippen molar-refractivity contribution in [2.45, 2.75) is 39.3 Å². The normalized spacial score (nSPS) is 11.7. The van der Waals surface area contributed by atoms with Crippen LogP contribution in [0.4, 0.5) is 5.69 Å². The Morgan fingerprint density at radius 1 is 0.875 bits per heavy atom. The average molecular weight is 431 g/mol. The fourth-order valence-corrected chi connectivity index (χ4v) is 3.41. The molecule has 3 aromatic rings. The first-order valence-electron chi connectivity index (χ1n) is 10.8. The number of nitrogens with zero attached hydrogens (tertiary/aromatic N) is 1. The van der Waals surface area contributed by atoms with Gasteiger partial charge < -0.3 is 15.0 Å². The average Bonchev–Trinajstić information content (AvgIpc) is 2.82. The van der Waals surface area contributed by atoms with Gasteiger partial charge in [-0.15, -0.1) is 0 Å². The third-order valence-electron chi connectivity index (χ3n) is 5.34. The number of anilines is 1. The SMILES string of the molecule is CC(Oc1ccc(C(C)C)cc1)C(=O)N(C)c1ccccc1C(=O)NCc1ccccc1. The predicted octanol–water partition coefficient (Wildman–Crippen LogP) is 5.17. The van der Waals surface area contributed by atoms with Crippen molar-refractivity contribution >= 4 is 17.5 Å². The van der Waals surface area contributed by atoms with E-state index in [1.54, 1.807) is 32.2 Å². The molecule has 0 saturated carbocycles. The second kappa shape index (κ2) is 10.6. The van der Waals surface area contributed by atoms with E-state index in [0.717, 1.165) is 5.56 Å². The molecule has 0 aliphatic carbocycles. The molecule has 166 valence electrons. The summed E-state index contributed by atoms with van der Waals surface area (Å²) in [5.74, 6) is 0.597. The van der Waals surface area contributed by atoms with Crippen molar-refractivity contribution in [3.05, 3.63) is 95.6 Å². The number of para-hydroxylation sites is 1. The first-order valence-corrected chi connectivity index (χ1v) is 10.8. The summed E-state index contributed by atoms with van der Waals surface area (Å²) in [6.45, 7) is 6.39. The summed E-state index contributed by atoms with van der Waals surface area (Å²) >= 11 is 0. The summed E-state index contributed by atoms with van der Waals surface area (Å²) in [7, 11) is 1.66. The van der Waals surface area contributed by atoms with Crippen molar-refractivity contribution < 1.29 is 14.3 Å². The molecule has 5 nitrogen and oxygen atoms in total. The van der Waals surface area contributed by atoms with Crippen LogP contribution in [0.1, 0.15) is 48.2 Å². The quantitative estimate of drug-likeness (QED) is 0.536. The zero-order chi connectivity index (χ0) is 23.1. The summed E-state index contributed by atoms with van der Waals surface area (Å²) in [5, 5.41) is 2.92. The van der Waals surface area contributed by atoms with Crippen LogP contribution in [-0.2, 0) is 11.3 Å². The molecule has 0 heterocycles. The van der Waals surface area contributed by atoms with Gasteiger partial charge in [0, 0.05) is 13.6 Å². The molecule has 0 bridgehead atoms. The van der Waals surface area contributed by atoms with Crippen molar-refractivity contribution in [1.29, 1.82) is 0 Å². The Labute approximate surface area is 190 Å². The predicted molar refractivity (Wildman–Crippen MR) is 128 cm³/mol. The van der Waals surface area contributed by atoms with Crippen LogP contribution >= 0.6 is 0 Å². The Bertz CT molecular complexity index is 1050. The number of amides is 2. The van der Waals surface area contributed by atoms with Crippen molar-refractivity contribution in [3.63, 3.8) is 0 Å². The second-order valence-corrected chi connectivity index (χ2v) is 8.07. The lowest BCUT2D eigenvalue weighted by Crippen LogP contribution is -2.39. The van der Waals surface area contributed by atoms with Gasteiger partial charge in [0.2, 0.25) is 0 Å². The van der Waals surface area contributed by atoms with Crippen molar-refractivity contribution in [3.8, 4) is 5.75 Å². The number of hydrogen-bond acceptors (Lipinski definition) is 3. The number of hydrogen-bond donors (Lipinski definition) is 1. The zero-order valence-corrected chi connectivity index (χ0v) is 19.0. The maximum atomic E-state index is 13.0. The van der Waals surface area contributed by atoms with E-state index < -0.39 is 6.10 Å². The lowest BCUT2D eigenvalue weighted by atomic mass is 10.0. The highest BCUT2D eigenvalue weighted by Gasteiger charge is 2.24. The molecule has 0 aliphatic heterocycles. The first kappa shape index (κ1) is 23.1. The van der Waals surface area contributed by atoms with E-state index in [0.29, 0.717) is 29.5 Å². The number of carbonyl (C=O) groups is 2. The molecule has 1 atom stereocenters. The van der Waals surface area contributed by atoms with Crippen LogP contribution in [0.5, 0.6) is 5.75 Å². The molecule has 0 saturated heterocycles. The van der Waals surface area contributed by atoms with Crippen LogP contribution in [0.3, 0.4) is 0 Å². The largest absolute Gasteiger partial charge is 0.481 e. The fraction of sp³-hybridized carbons (Fsp3) is 0.259. The highest BCUT2D eigenvalue weighted by atomic mass is 16.5. The number of nitrogens with one attached hydrogen (secondary N) is 1. The summed E-state index contributed by atoms with van der Waals surface area (Å²) in [6.07, 6.45) is -0.703. The van der Waals surface area contributed by atoms with Gasteiger partial charge in [-0.25, -0.2) is 0 Å². The van der Waals surface area contributed by atoms with E-state index in [-0.39, 0.29) is 11.8 Å². The lowest BCUT2D eigenvalue weighted by molar-refractivity contribution is -0.124. The Hall–Kier alpha value is -3.60. The van der Waals surface area contributed by atoms with Gasteiger partial charge in [0.05, 0.1) is 11.3 Å². The number of rotatable bonds is 8. The van der Waals surface area contributed by atoms with E-state index in [2.05, 4.69) is 19.2 Å². The first-order chi connectivity index (χ1) is 15.4. The van der Waals surface area contributed by atoms with Crippen LogP contribution < -0.4 is 15.0 Å². The molecule has 0 aliphatic rings. The fourth-order valence-electron chi connectivity index (χ4n) is 3.41. The number of benzene rings is 3. The topological polar surface area (TPSA) is 58.6 Å². The third kappa shape index (κ3) is 5.76. The molecule has 3 aromatic carbocycles. The Balaban J connectivity index is 1.68. The molecule has 1 unspecified atom stereocenters. The second-order valence-electron chi connectivity index (χ2n) is 8.07. The minimum atomic E-state index is -0.703. The van der Waals surface area contributed by atoms with Gasteiger partial charge in [0.15, 0.2) is 6.10 Å². The molecule has 2 amide bonds. The summed E-state index contributed by atoms with van der Waals surface area (Å²) in [6, 6.07) is 24.5. The molecule has 0 radical (unpaired) electrons. The summed E-state index contributed by atoms with van der Waals surface area (Å²) in [5.41, 5.74) is 3.19. The van der Waals surface area contributed by atoms with Gasteiger partial charge in [-0.05, 0) is 48.2 Å². The maximum absolute atomic E-state index is 13.0. The van der Waals surface area contributed by atoms with E-state index in [4.69, 9.17) is 4.74 Å². The van der Waals surface area contributed by atoms with Crippen LogP contribution in [0.25, 0.3) is 0 Å². The maximum Gasteiger partial charge on any atom is 0.267 e. The van der Waals surface area contributed by atoms with Gasteiger partial charge in [0.1, 0.15) is 5.75 Å². The third-order valence-corrected chi connectivity index (χ3v) is 5.34. The monoisotopic (exact) mass is 430 g/mol. The molecule has 0 fully saturated rings. The van der Waals surface area contributed by atoms with Crippen molar-refractivity contribution in [2.24, 2.45) is 0 Å². The van der Waals surface area contributed by atoms with E-state index in [1.165, 1.54) is 10.5 Å². The molecule has 1 N–H and O–H groups in total. The van der Waals surface area contributed by atoms with Gasteiger partial charge in [-0.1, -0.05) is 68.4 Å². The number of ether oxygens (including phenoxy) is 1. The number of carbonyl (C=O) groups excluding carboxylic acids is 2. The number of likely N-dealkylation sites (N-methyl/N-ethyl adjacent to an activating group) is 1. The van der Waals surface area contributed by atoms with Gasteiger partial charge in [0.25, 0.3) is 11.8 Å². The standard InChI is InChI=1S/C27H30N2O3/c1-19(2)22-14-16-23(17-15-22)32-20(3)27(31)29(4)25-13-9-8-12-24(25)26(30)28-18-21-10-6-5-7-11-21/h5-17,19-20H,18H2,1-4H3,(H,28,30). The van der Waals surface area contributed by atoms with Crippen molar-refractivity contribution in [2.75, 3.05) is 11.9 Å². The smallest absolute Gasteiger partial charge is 0.267 e. The summed E-state index contributed by atoms with van der Waals surface area (Å²) in [4.78, 5) is 27.4. The Kier molecular flexibility index (Phi) is 7.66. The van der Waals surface area contributed by atoms with Crippen LogP contribution in [0, 0.1) is 0 Å². The van der Waals surface area contributed by atoms with Crippen molar-refractivity contribution in [1.82, 2.24) is 5.32 Å². The molecule has 32 heavy (non-hydrogen) atoms. The molecule has 3 rings (SSSR count). The molecule has 0 spiro atoms.